The van der Waals surface area contributed by atoms with Gasteiger partial charge in [-0.05, 0) is 83.1 Å². The second-order valence-corrected chi connectivity index (χ2v) is 9.22. The molecule has 1 aliphatic heterocycles. The zero-order chi connectivity index (χ0) is 19.9. The third kappa shape index (κ3) is 6.87. The molecular weight excluding hydrogens is 328 g/mol. The van der Waals surface area contributed by atoms with Crippen LogP contribution in [0, 0.1) is 35.0 Å². The molecule has 0 spiro atoms. The number of hydrogen-bond acceptors (Lipinski definition) is 2. The Labute approximate surface area is 168 Å². The number of aliphatic imine (C=N–C) groups is 1. The molecule has 0 aromatic rings. The van der Waals surface area contributed by atoms with E-state index in [9.17, 15) is 0 Å². The first-order valence-electron chi connectivity index (χ1n) is 11.0. The zero-order valence-corrected chi connectivity index (χ0v) is 18.4. The summed E-state index contributed by atoms with van der Waals surface area (Å²) < 4.78 is 0. The molecule has 0 N–H and O–H groups in total. The normalized spacial score (nSPS) is 24.9. The Hall–Kier alpha value is -1.49. The van der Waals surface area contributed by atoms with E-state index in [1.807, 2.05) is 19.1 Å². The average Bonchev–Trinajstić information content (AvgIpc) is 2.63. The van der Waals surface area contributed by atoms with Crippen LogP contribution in [-0.4, -0.2) is 23.7 Å². The second kappa shape index (κ2) is 10.2. The van der Waals surface area contributed by atoms with Gasteiger partial charge in [0.1, 0.15) is 5.82 Å². The van der Waals surface area contributed by atoms with E-state index in [1.54, 1.807) is 0 Å². The van der Waals surface area contributed by atoms with E-state index in [2.05, 4.69) is 51.0 Å². The van der Waals surface area contributed by atoms with Gasteiger partial charge in [0.2, 0.25) is 0 Å². The SMILES string of the molecule is C=C/C=C(\N=C(/C)C#CC(C)(C)CC)N1CCC(CC2CC(CC)C2)CC1. The third-order valence-electron chi connectivity index (χ3n) is 6.53. The largest absolute Gasteiger partial charge is 0.357 e. The lowest BCUT2D eigenvalue weighted by Crippen LogP contribution is -2.35. The Morgan fingerprint density at radius 1 is 1.15 bits per heavy atom. The fourth-order valence-electron chi connectivity index (χ4n) is 4.14. The van der Waals surface area contributed by atoms with E-state index in [1.165, 1.54) is 38.5 Å². The van der Waals surface area contributed by atoms with Gasteiger partial charge in [-0.3, -0.25) is 0 Å². The van der Waals surface area contributed by atoms with Crippen molar-refractivity contribution < 1.29 is 0 Å². The van der Waals surface area contributed by atoms with Crippen molar-refractivity contribution in [3.63, 3.8) is 0 Å². The maximum atomic E-state index is 4.82. The van der Waals surface area contributed by atoms with Crippen LogP contribution >= 0.6 is 0 Å². The lowest BCUT2D eigenvalue weighted by atomic mass is 9.69. The van der Waals surface area contributed by atoms with Crippen molar-refractivity contribution in [1.29, 1.82) is 0 Å². The summed E-state index contributed by atoms with van der Waals surface area (Å²) in [5.74, 6) is 10.6. The van der Waals surface area contributed by atoms with E-state index in [0.29, 0.717) is 0 Å². The van der Waals surface area contributed by atoms with Crippen molar-refractivity contribution in [1.82, 2.24) is 4.90 Å². The molecular formula is C25H40N2. The number of rotatable bonds is 7. The van der Waals surface area contributed by atoms with Gasteiger partial charge >= 0.3 is 0 Å². The van der Waals surface area contributed by atoms with E-state index >= 15 is 0 Å². The Balaban J connectivity index is 1.90. The maximum Gasteiger partial charge on any atom is 0.129 e. The van der Waals surface area contributed by atoms with Crippen molar-refractivity contribution in [2.45, 2.75) is 79.6 Å². The predicted octanol–water partition coefficient (Wildman–Crippen LogP) is 6.45. The van der Waals surface area contributed by atoms with Gasteiger partial charge in [-0.2, -0.15) is 0 Å². The van der Waals surface area contributed by atoms with Crippen molar-refractivity contribution >= 4 is 5.71 Å². The van der Waals surface area contributed by atoms with Crippen molar-refractivity contribution in [3.05, 3.63) is 24.6 Å². The highest BCUT2D eigenvalue weighted by Crippen LogP contribution is 2.41. The Morgan fingerprint density at radius 3 is 2.37 bits per heavy atom. The standard InChI is InChI=1S/C25H40N2/c1-7-10-24(26-20(4)11-14-25(5,6)9-3)27-15-12-22(13-16-27)19-23-17-21(8-2)18-23/h7,10,21-23H,1,8-9,12-13,15-19H2,2-6H3/b24-10+,26-20+. The van der Waals surface area contributed by atoms with Gasteiger partial charge in [-0.15, -0.1) is 0 Å². The minimum absolute atomic E-state index is 0.0513. The van der Waals surface area contributed by atoms with Crippen LogP contribution in [0.4, 0.5) is 0 Å². The van der Waals surface area contributed by atoms with Crippen molar-refractivity contribution in [2.24, 2.45) is 28.2 Å². The van der Waals surface area contributed by atoms with Gasteiger partial charge < -0.3 is 4.90 Å². The fraction of sp³-hybridized carbons (Fsp3) is 0.720. The Morgan fingerprint density at radius 2 is 1.81 bits per heavy atom. The fourth-order valence-corrected chi connectivity index (χ4v) is 4.14. The van der Waals surface area contributed by atoms with Crippen molar-refractivity contribution in [3.8, 4) is 11.8 Å². The molecule has 1 heterocycles. The first-order valence-corrected chi connectivity index (χ1v) is 11.0. The summed E-state index contributed by atoms with van der Waals surface area (Å²) in [5.41, 5.74) is 0.947. The molecule has 27 heavy (non-hydrogen) atoms. The molecule has 0 bridgehead atoms. The molecule has 1 aliphatic carbocycles. The van der Waals surface area contributed by atoms with E-state index in [4.69, 9.17) is 4.99 Å². The van der Waals surface area contributed by atoms with Crippen LogP contribution in [0.25, 0.3) is 0 Å². The minimum atomic E-state index is 0.0513. The van der Waals surface area contributed by atoms with Gasteiger partial charge in [-0.25, -0.2) is 4.99 Å². The van der Waals surface area contributed by atoms with Crippen LogP contribution < -0.4 is 0 Å². The van der Waals surface area contributed by atoms with E-state index in [-0.39, 0.29) is 5.41 Å². The summed E-state index contributed by atoms with van der Waals surface area (Å²) in [6.07, 6.45) is 13.3. The van der Waals surface area contributed by atoms with Crippen LogP contribution in [0.1, 0.15) is 79.6 Å². The highest BCUT2D eigenvalue weighted by Gasteiger charge is 2.31. The van der Waals surface area contributed by atoms with Crippen LogP contribution in [0.5, 0.6) is 0 Å². The maximum absolute atomic E-state index is 4.82. The van der Waals surface area contributed by atoms with Crippen LogP contribution in [-0.2, 0) is 0 Å². The highest BCUT2D eigenvalue weighted by atomic mass is 15.2. The molecule has 2 heteroatoms. The summed E-state index contributed by atoms with van der Waals surface area (Å²) >= 11 is 0. The van der Waals surface area contributed by atoms with Crippen molar-refractivity contribution in [2.75, 3.05) is 13.1 Å². The number of hydrogen-bond donors (Lipinski definition) is 0. The topological polar surface area (TPSA) is 15.6 Å². The summed E-state index contributed by atoms with van der Waals surface area (Å²) in [4.78, 5) is 7.24. The molecule has 1 saturated carbocycles. The quantitative estimate of drug-likeness (QED) is 0.286. The van der Waals surface area contributed by atoms with Gasteiger partial charge in [-0.1, -0.05) is 44.8 Å². The number of nitrogens with zero attached hydrogens (tertiary/aromatic N) is 2. The summed E-state index contributed by atoms with van der Waals surface area (Å²) in [6, 6.07) is 0. The van der Waals surface area contributed by atoms with Crippen LogP contribution in [0.2, 0.25) is 0 Å². The molecule has 2 nitrogen and oxygen atoms in total. The number of likely N-dealkylation sites (tertiary alicyclic amines) is 1. The van der Waals surface area contributed by atoms with Gasteiger partial charge in [0.15, 0.2) is 0 Å². The molecule has 2 aliphatic rings. The zero-order valence-electron chi connectivity index (χ0n) is 18.4. The first-order chi connectivity index (χ1) is 12.9. The first kappa shape index (κ1) is 21.8. The lowest BCUT2D eigenvalue weighted by molar-refractivity contribution is 0.125. The average molecular weight is 369 g/mol. The summed E-state index contributed by atoms with van der Waals surface area (Å²) in [7, 11) is 0. The Bertz CT molecular complexity index is 600. The van der Waals surface area contributed by atoms with Crippen LogP contribution in [0.15, 0.2) is 29.5 Å². The molecule has 0 radical (unpaired) electrons. The smallest absolute Gasteiger partial charge is 0.129 e. The number of allylic oxidation sites excluding steroid dienone is 2. The molecule has 0 unspecified atom stereocenters. The predicted molar refractivity (Wildman–Crippen MR) is 119 cm³/mol. The number of piperidine rings is 1. The molecule has 2 fully saturated rings. The minimum Gasteiger partial charge on any atom is -0.357 e. The Kier molecular flexibility index (Phi) is 8.21. The molecule has 2 rings (SSSR count). The molecule has 0 aromatic heterocycles. The van der Waals surface area contributed by atoms with Gasteiger partial charge in [0.05, 0.1) is 5.71 Å². The third-order valence-corrected chi connectivity index (χ3v) is 6.53. The summed E-state index contributed by atoms with van der Waals surface area (Å²) in [5, 5.41) is 0. The van der Waals surface area contributed by atoms with Crippen LogP contribution in [0.3, 0.4) is 0 Å². The monoisotopic (exact) mass is 368 g/mol. The molecule has 0 amide bonds. The molecule has 0 aromatic carbocycles. The summed E-state index contributed by atoms with van der Waals surface area (Å²) in [6.45, 7) is 17.0. The van der Waals surface area contributed by atoms with Gasteiger partial charge in [0.25, 0.3) is 0 Å². The second-order valence-electron chi connectivity index (χ2n) is 9.22. The lowest BCUT2D eigenvalue weighted by Gasteiger charge is -2.40. The molecule has 150 valence electrons. The van der Waals surface area contributed by atoms with Gasteiger partial charge in [0, 0.05) is 18.5 Å². The molecule has 1 saturated heterocycles. The van der Waals surface area contributed by atoms with E-state index in [0.717, 1.165) is 48.8 Å². The highest BCUT2D eigenvalue weighted by molar-refractivity contribution is 5.99. The van der Waals surface area contributed by atoms with E-state index < -0.39 is 0 Å². The molecule has 0 atom stereocenters.